The van der Waals surface area contributed by atoms with Crippen LogP contribution in [-0.2, 0) is 4.74 Å². The van der Waals surface area contributed by atoms with Crippen molar-refractivity contribution in [2.75, 3.05) is 44.3 Å². The smallest absolute Gasteiger partial charge is 0.0924 e. The number of fused-ring (bicyclic) bond motifs is 4. The molecule has 1 saturated heterocycles. The summed E-state index contributed by atoms with van der Waals surface area (Å²) in [6, 6.07) is 26.9. The lowest BCUT2D eigenvalue weighted by molar-refractivity contribution is 0.0394. The third-order valence-corrected chi connectivity index (χ3v) is 9.71. The maximum absolute atomic E-state index is 5.60. The minimum absolute atomic E-state index is 0.816. The van der Waals surface area contributed by atoms with Crippen molar-refractivity contribution in [1.29, 1.82) is 0 Å². The fourth-order valence-corrected chi connectivity index (χ4v) is 7.36. The number of H-pyrrole nitrogens is 2. The molecule has 0 saturated carbocycles. The topological polar surface area (TPSA) is 73.1 Å². The number of nitrogens with one attached hydrogen (secondary N) is 2. The monoisotopic (exact) mass is 572 g/mol. The van der Waals surface area contributed by atoms with Crippen molar-refractivity contribution in [1.82, 2.24) is 25.3 Å². The van der Waals surface area contributed by atoms with Gasteiger partial charge >= 0.3 is 0 Å². The van der Waals surface area contributed by atoms with Crippen LogP contribution in [0, 0.1) is 13.8 Å². The summed E-state index contributed by atoms with van der Waals surface area (Å²) in [5.74, 6) is 0. The molecular weight excluding hydrogens is 540 g/mol. The van der Waals surface area contributed by atoms with Gasteiger partial charge in [0.05, 0.1) is 35.6 Å². The molecule has 8 rings (SSSR count). The van der Waals surface area contributed by atoms with Crippen LogP contribution in [-0.4, -0.2) is 64.7 Å². The highest BCUT2D eigenvalue weighted by atomic mass is 32.2. The first-order valence-electron chi connectivity index (χ1n) is 14.5. The highest BCUT2D eigenvalue weighted by Crippen LogP contribution is 2.50. The third kappa shape index (κ3) is 4.47. The van der Waals surface area contributed by atoms with Crippen molar-refractivity contribution in [3.63, 3.8) is 0 Å². The second-order valence-corrected chi connectivity index (χ2v) is 12.3. The number of aromatic amines is 2. The zero-order valence-corrected chi connectivity index (χ0v) is 24.6. The number of morpholine rings is 1. The molecule has 6 aromatic rings. The summed E-state index contributed by atoms with van der Waals surface area (Å²) in [5.41, 5.74) is 11.6. The fourth-order valence-electron chi connectivity index (χ4n) is 6.19. The SMILES string of the molecule is Cc1[nH]nc2ccc(-c3ccc4c(c3)Sc3cc(-c5ccc6n[nH]c(C)c6c5)ccc3N4CCN3CCOCC3)cc12. The van der Waals surface area contributed by atoms with Crippen molar-refractivity contribution in [3.05, 3.63) is 84.2 Å². The van der Waals surface area contributed by atoms with Crippen LogP contribution in [0.1, 0.15) is 11.4 Å². The molecule has 2 N–H and O–H groups in total. The summed E-state index contributed by atoms with van der Waals surface area (Å²) in [7, 11) is 0. The molecule has 2 aliphatic rings. The second kappa shape index (κ2) is 10.3. The van der Waals surface area contributed by atoms with Crippen LogP contribution in [0.2, 0.25) is 0 Å². The van der Waals surface area contributed by atoms with Crippen LogP contribution in [0.4, 0.5) is 11.4 Å². The Bertz CT molecular complexity index is 1820. The van der Waals surface area contributed by atoms with E-state index in [-0.39, 0.29) is 0 Å². The number of aryl methyl sites for hydroxylation is 2. The first kappa shape index (κ1) is 25.6. The van der Waals surface area contributed by atoms with Gasteiger partial charge < -0.3 is 9.64 Å². The molecule has 0 unspecified atom stereocenters. The summed E-state index contributed by atoms with van der Waals surface area (Å²) in [6.45, 7) is 9.71. The lowest BCUT2D eigenvalue weighted by atomic mass is 10.0. The molecule has 2 aliphatic heterocycles. The van der Waals surface area contributed by atoms with E-state index >= 15 is 0 Å². The summed E-state index contributed by atoms with van der Waals surface area (Å²) in [4.78, 5) is 7.59. The fraction of sp³-hybridized carbons (Fsp3) is 0.235. The number of hydrogen-bond donors (Lipinski definition) is 2. The molecule has 42 heavy (non-hydrogen) atoms. The predicted octanol–water partition coefficient (Wildman–Crippen LogP) is 7.32. The van der Waals surface area contributed by atoms with Crippen LogP contribution in [0.5, 0.6) is 0 Å². The van der Waals surface area contributed by atoms with Gasteiger partial charge in [-0.15, -0.1) is 0 Å². The van der Waals surface area contributed by atoms with Gasteiger partial charge in [-0.2, -0.15) is 10.2 Å². The number of nitrogens with zero attached hydrogens (tertiary/aromatic N) is 4. The van der Waals surface area contributed by atoms with Crippen LogP contribution >= 0.6 is 11.8 Å². The van der Waals surface area contributed by atoms with E-state index in [1.165, 1.54) is 54.2 Å². The quantitative estimate of drug-likeness (QED) is 0.225. The Kier molecular flexibility index (Phi) is 6.28. The van der Waals surface area contributed by atoms with E-state index in [4.69, 9.17) is 4.74 Å². The van der Waals surface area contributed by atoms with Crippen molar-refractivity contribution in [2.45, 2.75) is 23.6 Å². The molecule has 0 aliphatic carbocycles. The standard InChI is InChI=1S/C34H32N6OS/c1-21-27-17-23(3-7-29(27)37-35-21)25-5-9-31-33(19-25)42-34-20-26(24-4-8-30-28(18-24)22(2)36-38-30)6-10-32(34)40(31)12-11-39-13-15-41-16-14-39/h3-10,17-20H,11-16H2,1-2H3,(H,35,37)(H,36,38). The highest BCUT2D eigenvalue weighted by Gasteiger charge is 2.25. The lowest BCUT2D eigenvalue weighted by Crippen LogP contribution is -2.41. The van der Waals surface area contributed by atoms with E-state index in [1.807, 2.05) is 11.8 Å². The molecule has 210 valence electrons. The number of hydrogen-bond acceptors (Lipinski definition) is 6. The summed E-state index contributed by atoms with van der Waals surface area (Å²) < 4.78 is 5.60. The van der Waals surface area contributed by atoms with E-state index in [2.05, 4.69) is 117 Å². The normalized spacial score (nSPS) is 15.3. The zero-order valence-electron chi connectivity index (χ0n) is 23.8. The maximum atomic E-state index is 5.60. The van der Waals surface area contributed by atoms with Crippen molar-refractivity contribution < 1.29 is 4.74 Å². The van der Waals surface area contributed by atoms with Gasteiger partial charge in [-0.25, -0.2) is 0 Å². The van der Waals surface area contributed by atoms with E-state index in [0.717, 1.165) is 61.8 Å². The average molecular weight is 573 g/mol. The minimum Gasteiger partial charge on any atom is -0.379 e. The average Bonchev–Trinajstić information content (AvgIpc) is 3.60. The largest absolute Gasteiger partial charge is 0.379 e. The third-order valence-electron chi connectivity index (χ3n) is 8.62. The van der Waals surface area contributed by atoms with Crippen LogP contribution < -0.4 is 4.90 Å². The number of anilines is 2. The molecule has 0 amide bonds. The molecule has 4 heterocycles. The van der Waals surface area contributed by atoms with E-state index in [0.29, 0.717) is 0 Å². The van der Waals surface area contributed by atoms with Crippen LogP contribution in [0.3, 0.4) is 0 Å². The highest BCUT2D eigenvalue weighted by molar-refractivity contribution is 7.99. The number of rotatable bonds is 5. The summed E-state index contributed by atoms with van der Waals surface area (Å²) in [5, 5.41) is 17.4. The first-order chi connectivity index (χ1) is 20.6. The second-order valence-electron chi connectivity index (χ2n) is 11.2. The van der Waals surface area contributed by atoms with Gasteiger partial charge in [0.1, 0.15) is 0 Å². The Morgan fingerprint density at radius 1 is 0.667 bits per heavy atom. The Balaban J connectivity index is 1.19. The molecule has 7 nitrogen and oxygen atoms in total. The molecular formula is C34H32N6OS. The Morgan fingerprint density at radius 2 is 1.17 bits per heavy atom. The molecule has 2 aromatic heterocycles. The lowest BCUT2D eigenvalue weighted by Gasteiger charge is -2.36. The Morgan fingerprint density at radius 3 is 1.71 bits per heavy atom. The van der Waals surface area contributed by atoms with E-state index in [9.17, 15) is 0 Å². The Hall–Kier alpha value is -4.11. The first-order valence-corrected chi connectivity index (χ1v) is 15.4. The molecule has 0 atom stereocenters. The van der Waals surface area contributed by atoms with Crippen LogP contribution in [0.25, 0.3) is 44.1 Å². The van der Waals surface area contributed by atoms with Gasteiger partial charge in [0.15, 0.2) is 0 Å². The van der Waals surface area contributed by atoms with Crippen molar-refractivity contribution in [3.8, 4) is 22.3 Å². The molecule has 0 spiro atoms. The number of benzene rings is 4. The van der Waals surface area contributed by atoms with Gasteiger partial charge in [0.25, 0.3) is 0 Å². The molecule has 8 heteroatoms. The van der Waals surface area contributed by atoms with E-state index in [1.54, 1.807) is 0 Å². The maximum Gasteiger partial charge on any atom is 0.0924 e. The van der Waals surface area contributed by atoms with Crippen LogP contribution in [0.15, 0.2) is 82.6 Å². The predicted molar refractivity (Wildman–Crippen MR) is 171 cm³/mol. The summed E-state index contributed by atoms with van der Waals surface area (Å²) in [6.07, 6.45) is 0. The van der Waals surface area contributed by atoms with Gasteiger partial charge in [-0.1, -0.05) is 36.0 Å². The van der Waals surface area contributed by atoms with Gasteiger partial charge in [0, 0.05) is 58.1 Å². The molecule has 1 fully saturated rings. The molecule has 4 aromatic carbocycles. The zero-order chi connectivity index (χ0) is 28.2. The molecule has 0 radical (unpaired) electrons. The van der Waals surface area contributed by atoms with Gasteiger partial charge in [-0.3, -0.25) is 15.1 Å². The van der Waals surface area contributed by atoms with Crippen molar-refractivity contribution >= 4 is 44.9 Å². The van der Waals surface area contributed by atoms with Gasteiger partial charge in [0.2, 0.25) is 0 Å². The van der Waals surface area contributed by atoms with E-state index < -0.39 is 0 Å². The summed E-state index contributed by atoms with van der Waals surface area (Å²) >= 11 is 1.87. The van der Waals surface area contributed by atoms with Crippen molar-refractivity contribution in [2.24, 2.45) is 0 Å². The minimum atomic E-state index is 0.816. The molecule has 0 bridgehead atoms. The number of aromatic nitrogens is 4. The van der Waals surface area contributed by atoms with Gasteiger partial charge in [-0.05, 0) is 84.6 Å². The Labute approximate surface area is 248 Å². The number of ether oxygens (including phenoxy) is 1.